The van der Waals surface area contributed by atoms with Crippen LogP contribution in [0.25, 0.3) is 0 Å². The molecule has 2 rings (SSSR count). The summed E-state index contributed by atoms with van der Waals surface area (Å²) in [6.45, 7) is 17.1. The van der Waals surface area contributed by atoms with E-state index in [1.54, 1.807) is 0 Å². The van der Waals surface area contributed by atoms with Crippen LogP contribution in [0.3, 0.4) is 0 Å². The molecule has 164 valence electrons. The van der Waals surface area contributed by atoms with E-state index in [0.29, 0.717) is 12.8 Å². The van der Waals surface area contributed by atoms with Crippen molar-refractivity contribution in [1.82, 2.24) is 0 Å². The van der Waals surface area contributed by atoms with Gasteiger partial charge < -0.3 is 9.47 Å². The highest BCUT2D eigenvalue weighted by Gasteiger charge is 2.28. The van der Waals surface area contributed by atoms with Gasteiger partial charge in [0.2, 0.25) is 0 Å². The SMILES string of the molecule is CCC(OC(=O)OC(CC)c1ccccc1C(C)(C)C)c1ccccc1C(C)(C)C. The molecule has 0 amide bonds. The molecule has 30 heavy (non-hydrogen) atoms. The lowest BCUT2D eigenvalue weighted by atomic mass is 9.82. The van der Waals surface area contributed by atoms with Crippen molar-refractivity contribution in [2.24, 2.45) is 0 Å². The molecule has 0 radical (unpaired) electrons. The molecule has 0 aliphatic heterocycles. The molecule has 0 saturated carbocycles. The van der Waals surface area contributed by atoms with Crippen molar-refractivity contribution in [2.75, 3.05) is 0 Å². The summed E-state index contributed by atoms with van der Waals surface area (Å²) < 4.78 is 11.7. The second-order valence-electron chi connectivity index (χ2n) is 9.95. The molecular weight excluding hydrogens is 372 g/mol. The van der Waals surface area contributed by atoms with Crippen LogP contribution in [0.15, 0.2) is 48.5 Å². The number of hydrogen-bond acceptors (Lipinski definition) is 3. The third-order valence-corrected chi connectivity index (χ3v) is 5.45. The van der Waals surface area contributed by atoms with E-state index < -0.39 is 6.16 Å². The highest BCUT2D eigenvalue weighted by Crippen LogP contribution is 2.35. The first-order chi connectivity index (χ1) is 14.0. The summed E-state index contributed by atoms with van der Waals surface area (Å²) >= 11 is 0. The fourth-order valence-electron chi connectivity index (χ4n) is 3.92. The zero-order valence-electron chi connectivity index (χ0n) is 19.9. The highest BCUT2D eigenvalue weighted by molar-refractivity contribution is 5.61. The monoisotopic (exact) mass is 410 g/mol. The number of benzene rings is 2. The Bertz CT molecular complexity index is 770. The Hall–Kier alpha value is -2.29. The Morgan fingerprint density at radius 1 is 0.700 bits per heavy atom. The van der Waals surface area contributed by atoms with E-state index in [-0.39, 0.29) is 23.0 Å². The van der Waals surface area contributed by atoms with Crippen LogP contribution in [0.1, 0.15) is 103 Å². The minimum Gasteiger partial charge on any atom is -0.426 e. The summed E-state index contributed by atoms with van der Waals surface area (Å²) in [6.07, 6.45) is 0.113. The lowest BCUT2D eigenvalue weighted by Crippen LogP contribution is -2.22. The van der Waals surface area contributed by atoms with Crippen LogP contribution in [0, 0.1) is 0 Å². The number of hydrogen-bond donors (Lipinski definition) is 0. The largest absolute Gasteiger partial charge is 0.509 e. The third-order valence-electron chi connectivity index (χ3n) is 5.45. The zero-order chi connectivity index (χ0) is 22.5. The average molecular weight is 411 g/mol. The first kappa shape index (κ1) is 24.0. The molecule has 3 nitrogen and oxygen atoms in total. The van der Waals surface area contributed by atoms with Gasteiger partial charge in [0, 0.05) is 0 Å². The lowest BCUT2D eigenvalue weighted by Gasteiger charge is -2.28. The van der Waals surface area contributed by atoms with Gasteiger partial charge in [-0.25, -0.2) is 4.79 Å². The Morgan fingerprint density at radius 3 is 1.33 bits per heavy atom. The molecule has 2 unspecified atom stereocenters. The predicted molar refractivity (Wildman–Crippen MR) is 124 cm³/mol. The first-order valence-corrected chi connectivity index (χ1v) is 11.0. The molecule has 0 bridgehead atoms. The molecule has 3 heteroatoms. The summed E-state index contributed by atoms with van der Waals surface area (Å²) in [5.74, 6) is 0. The van der Waals surface area contributed by atoms with E-state index >= 15 is 0 Å². The molecule has 0 heterocycles. The van der Waals surface area contributed by atoms with Crippen LogP contribution in [0.4, 0.5) is 4.79 Å². The molecule has 0 saturated heterocycles. The molecule has 2 aromatic carbocycles. The van der Waals surface area contributed by atoms with Crippen molar-refractivity contribution in [3.63, 3.8) is 0 Å². The molecule has 0 aromatic heterocycles. The number of rotatable bonds is 6. The Kier molecular flexibility index (Phi) is 7.74. The van der Waals surface area contributed by atoms with E-state index in [1.807, 2.05) is 50.2 Å². The van der Waals surface area contributed by atoms with Crippen molar-refractivity contribution >= 4 is 6.16 Å². The maximum atomic E-state index is 12.8. The van der Waals surface area contributed by atoms with Crippen molar-refractivity contribution in [2.45, 2.75) is 91.3 Å². The first-order valence-electron chi connectivity index (χ1n) is 11.0. The van der Waals surface area contributed by atoms with Crippen LogP contribution in [-0.2, 0) is 20.3 Å². The quantitative estimate of drug-likeness (QED) is 0.452. The predicted octanol–water partition coefficient (Wildman–Crippen LogP) is 8.04. The van der Waals surface area contributed by atoms with Gasteiger partial charge in [-0.2, -0.15) is 0 Å². The van der Waals surface area contributed by atoms with Gasteiger partial charge in [-0.15, -0.1) is 0 Å². The normalized spacial score (nSPS) is 14.1. The number of ether oxygens (including phenoxy) is 2. The van der Waals surface area contributed by atoms with Gasteiger partial charge in [-0.3, -0.25) is 0 Å². The Balaban J connectivity index is 2.24. The van der Waals surface area contributed by atoms with E-state index in [4.69, 9.17) is 9.47 Å². The summed E-state index contributed by atoms with van der Waals surface area (Å²) in [5, 5.41) is 0. The standard InChI is InChI=1S/C27H38O3/c1-9-23(19-15-11-13-17-21(19)26(3,4)5)29-25(28)30-24(10-2)20-16-12-14-18-22(20)27(6,7)8/h11-18,23-24H,9-10H2,1-8H3. The number of carbonyl (C=O) groups is 1. The summed E-state index contributed by atoms with van der Waals surface area (Å²) in [4.78, 5) is 12.8. The van der Waals surface area contributed by atoms with E-state index in [2.05, 4.69) is 53.7 Å². The highest BCUT2D eigenvalue weighted by atomic mass is 16.7. The summed E-state index contributed by atoms with van der Waals surface area (Å²) in [5.41, 5.74) is 4.41. The second kappa shape index (κ2) is 9.68. The molecule has 0 fully saturated rings. The maximum Gasteiger partial charge on any atom is 0.509 e. The minimum absolute atomic E-state index is 0.0329. The number of carbonyl (C=O) groups excluding carboxylic acids is 1. The minimum atomic E-state index is -0.610. The van der Waals surface area contributed by atoms with Crippen molar-refractivity contribution in [1.29, 1.82) is 0 Å². The van der Waals surface area contributed by atoms with Gasteiger partial charge >= 0.3 is 6.16 Å². The van der Waals surface area contributed by atoms with Gasteiger partial charge in [0.1, 0.15) is 12.2 Å². The Labute approximate surface area is 182 Å². The van der Waals surface area contributed by atoms with E-state index in [9.17, 15) is 4.79 Å². The topological polar surface area (TPSA) is 35.5 Å². The van der Waals surface area contributed by atoms with E-state index in [1.165, 1.54) is 11.1 Å². The van der Waals surface area contributed by atoms with Crippen LogP contribution in [0.5, 0.6) is 0 Å². The molecule has 0 spiro atoms. The molecule has 2 atom stereocenters. The van der Waals surface area contributed by atoms with Gasteiger partial charge in [0.05, 0.1) is 0 Å². The molecular formula is C27H38O3. The second-order valence-corrected chi connectivity index (χ2v) is 9.95. The fraction of sp³-hybridized carbons (Fsp3) is 0.519. The third kappa shape index (κ3) is 5.87. The maximum absolute atomic E-state index is 12.8. The summed E-state index contributed by atoms with van der Waals surface area (Å²) in [7, 11) is 0. The van der Waals surface area contributed by atoms with Crippen LogP contribution in [0.2, 0.25) is 0 Å². The van der Waals surface area contributed by atoms with Crippen molar-refractivity contribution in [3.8, 4) is 0 Å². The van der Waals surface area contributed by atoms with Gasteiger partial charge in [0.15, 0.2) is 0 Å². The zero-order valence-corrected chi connectivity index (χ0v) is 19.9. The van der Waals surface area contributed by atoms with Crippen molar-refractivity contribution in [3.05, 3.63) is 70.8 Å². The van der Waals surface area contributed by atoms with E-state index in [0.717, 1.165) is 11.1 Å². The summed E-state index contributed by atoms with van der Waals surface area (Å²) in [6, 6.07) is 16.4. The molecule has 0 N–H and O–H groups in total. The molecule has 0 aliphatic carbocycles. The Morgan fingerprint density at radius 2 is 1.03 bits per heavy atom. The average Bonchev–Trinajstić information content (AvgIpc) is 2.69. The van der Waals surface area contributed by atoms with Gasteiger partial charge in [0.25, 0.3) is 0 Å². The van der Waals surface area contributed by atoms with Crippen LogP contribution >= 0.6 is 0 Å². The molecule has 2 aromatic rings. The van der Waals surface area contributed by atoms with Crippen LogP contribution < -0.4 is 0 Å². The van der Waals surface area contributed by atoms with Gasteiger partial charge in [-0.05, 0) is 45.9 Å². The fourth-order valence-corrected chi connectivity index (χ4v) is 3.92. The van der Waals surface area contributed by atoms with Crippen molar-refractivity contribution < 1.29 is 14.3 Å². The molecule has 0 aliphatic rings. The lowest BCUT2D eigenvalue weighted by molar-refractivity contribution is -0.00596. The van der Waals surface area contributed by atoms with Gasteiger partial charge in [-0.1, -0.05) is 104 Å². The smallest absolute Gasteiger partial charge is 0.426 e. The van der Waals surface area contributed by atoms with Crippen LogP contribution in [-0.4, -0.2) is 6.16 Å².